The molecule has 1 aromatic carbocycles. The summed E-state index contributed by atoms with van der Waals surface area (Å²) in [6, 6.07) is 11.7. The Bertz CT molecular complexity index is 780. The van der Waals surface area contributed by atoms with E-state index in [0.29, 0.717) is 5.69 Å². The van der Waals surface area contributed by atoms with Crippen LogP contribution >= 0.6 is 12.2 Å². The SMILES string of the molecule is NC(=S)c1ncccc1Nc1cccc2cnccc12. The second-order valence-electron chi connectivity index (χ2n) is 4.29. The molecule has 3 N–H and O–H groups in total. The highest BCUT2D eigenvalue weighted by Gasteiger charge is 2.07. The van der Waals surface area contributed by atoms with Gasteiger partial charge in [-0.2, -0.15) is 0 Å². The van der Waals surface area contributed by atoms with Gasteiger partial charge in [-0.05, 0) is 24.3 Å². The molecule has 0 unspecified atom stereocenters. The molecule has 3 rings (SSSR count). The third-order valence-electron chi connectivity index (χ3n) is 2.99. The van der Waals surface area contributed by atoms with Gasteiger partial charge in [-0.1, -0.05) is 24.4 Å². The van der Waals surface area contributed by atoms with Crippen LogP contribution in [0, 0.1) is 0 Å². The number of nitrogens with zero attached hydrogens (tertiary/aromatic N) is 2. The van der Waals surface area contributed by atoms with Gasteiger partial charge in [0.2, 0.25) is 0 Å². The number of thiocarbonyl (C=S) groups is 1. The van der Waals surface area contributed by atoms with Gasteiger partial charge in [0.15, 0.2) is 0 Å². The van der Waals surface area contributed by atoms with Gasteiger partial charge in [-0.25, -0.2) is 0 Å². The number of anilines is 2. The fourth-order valence-electron chi connectivity index (χ4n) is 2.08. The Labute approximate surface area is 121 Å². The van der Waals surface area contributed by atoms with Crippen molar-refractivity contribution in [1.82, 2.24) is 9.97 Å². The molecule has 3 aromatic rings. The van der Waals surface area contributed by atoms with Gasteiger partial charge in [0.05, 0.1) is 5.69 Å². The number of hydrogen-bond acceptors (Lipinski definition) is 4. The summed E-state index contributed by atoms with van der Waals surface area (Å²) in [6.45, 7) is 0. The highest BCUT2D eigenvalue weighted by molar-refractivity contribution is 7.80. The van der Waals surface area contributed by atoms with Crippen molar-refractivity contribution in [2.45, 2.75) is 0 Å². The minimum atomic E-state index is 0.273. The van der Waals surface area contributed by atoms with Crippen LogP contribution in [0.15, 0.2) is 55.0 Å². The summed E-state index contributed by atoms with van der Waals surface area (Å²) in [4.78, 5) is 8.61. The highest BCUT2D eigenvalue weighted by Crippen LogP contribution is 2.26. The Morgan fingerprint density at radius 3 is 2.75 bits per heavy atom. The van der Waals surface area contributed by atoms with E-state index in [1.54, 1.807) is 12.4 Å². The van der Waals surface area contributed by atoms with Gasteiger partial charge < -0.3 is 11.1 Å². The summed E-state index contributed by atoms with van der Waals surface area (Å²) in [6.07, 6.45) is 5.27. The average Bonchev–Trinajstić information content (AvgIpc) is 2.48. The summed E-state index contributed by atoms with van der Waals surface area (Å²) < 4.78 is 0. The van der Waals surface area contributed by atoms with Crippen molar-refractivity contribution < 1.29 is 0 Å². The lowest BCUT2D eigenvalue weighted by molar-refractivity contribution is 1.29. The molecule has 0 radical (unpaired) electrons. The Morgan fingerprint density at radius 2 is 1.90 bits per heavy atom. The van der Waals surface area contributed by atoms with Crippen LogP contribution in [0.4, 0.5) is 11.4 Å². The molecule has 4 nitrogen and oxygen atoms in total. The minimum Gasteiger partial charge on any atom is -0.388 e. The number of hydrogen-bond donors (Lipinski definition) is 2. The van der Waals surface area contributed by atoms with Gasteiger partial charge in [-0.3, -0.25) is 9.97 Å². The zero-order valence-corrected chi connectivity index (χ0v) is 11.4. The van der Waals surface area contributed by atoms with Crippen LogP contribution in [-0.2, 0) is 0 Å². The van der Waals surface area contributed by atoms with Crippen LogP contribution in [0.5, 0.6) is 0 Å². The van der Waals surface area contributed by atoms with Crippen LogP contribution in [0.1, 0.15) is 5.69 Å². The maximum Gasteiger partial charge on any atom is 0.124 e. The number of nitrogens with one attached hydrogen (secondary N) is 1. The van der Waals surface area contributed by atoms with E-state index in [4.69, 9.17) is 18.0 Å². The molecule has 0 aliphatic carbocycles. The molecule has 2 heterocycles. The molecule has 0 aliphatic rings. The van der Waals surface area contributed by atoms with Gasteiger partial charge in [0.1, 0.15) is 10.7 Å². The van der Waals surface area contributed by atoms with E-state index in [9.17, 15) is 0 Å². The van der Waals surface area contributed by atoms with E-state index >= 15 is 0 Å². The van der Waals surface area contributed by atoms with E-state index < -0.39 is 0 Å². The molecule has 5 heteroatoms. The van der Waals surface area contributed by atoms with Gasteiger partial charge >= 0.3 is 0 Å². The summed E-state index contributed by atoms with van der Waals surface area (Å²) in [5, 5.41) is 5.49. The normalized spacial score (nSPS) is 10.4. The van der Waals surface area contributed by atoms with Crippen LogP contribution in [0.2, 0.25) is 0 Å². The summed E-state index contributed by atoms with van der Waals surface area (Å²) in [5.41, 5.74) is 8.05. The first-order valence-electron chi connectivity index (χ1n) is 6.10. The van der Waals surface area contributed by atoms with E-state index in [1.165, 1.54) is 0 Å². The molecule has 0 bridgehead atoms. The zero-order valence-electron chi connectivity index (χ0n) is 10.6. The number of rotatable bonds is 3. The number of pyridine rings is 2. The Hall–Kier alpha value is -2.53. The molecule has 20 heavy (non-hydrogen) atoms. The van der Waals surface area contributed by atoms with Crippen LogP contribution in [0.3, 0.4) is 0 Å². The quantitative estimate of drug-likeness (QED) is 0.722. The van der Waals surface area contributed by atoms with Crippen molar-refractivity contribution >= 4 is 39.4 Å². The van der Waals surface area contributed by atoms with Crippen molar-refractivity contribution in [1.29, 1.82) is 0 Å². The van der Waals surface area contributed by atoms with Crippen molar-refractivity contribution in [2.75, 3.05) is 5.32 Å². The molecule has 0 spiro atoms. The zero-order chi connectivity index (χ0) is 13.9. The largest absolute Gasteiger partial charge is 0.388 e. The summed E-state index contributed by atoms with van der Waals surface area (Å²) >= 11 is 5.03. The van der Waals surface area contributed by atoms with Crippen molar-refractivity contribution in [2.24, 2.45) is 5.73 Å². The predicted molar refractivity (Wildman–Crippen MR) is 85.2 cm³/mol. The predicted octanol–water partition coefficient (Wildman–Crippen LogP) is 3.01. The third kappa shape index (κ3) is 2.31. The molecule has 98 valence electrons. The fourth-order valence-corrected chi connectivity index (χ4v) is 2.24. The molecule has 0 saturated carbocycles. The summed E-state index contributed by atoms with van der Waals surface area (Å²) in [5.74, 6) is 0. The maximum atomic E-state index is 5.70. The molecule has 0 fully saturated rings. The van der Waals surface area contributed by atoms with Crippen molar-refractivity contribution in [3.63, 3.8) is 0 Å². The molecular weight excluding hydrogens is 268 g/mol. The minimum absolute atomic E-state index is 0.273. The lowest BCUT2D eigenvalue weighted by Gasteiger charge is -2.12. The van der Waals surface area contributed by atoms with Crippen LogP contribution < -0.4 is 11.1 Å². The van der Waals surface area contributed by atoms with Gasteiger partial charge in [-0.15, -0.1) is 0 Å². The molecule has 0 amide bonds. The lowest BCUT2D eigenvalue weighted by Crippen LogP contribution is -2.13. The second kappa shape index (κ2) is 5.22. The lowest BCUT2D eigenvalue weighted by atomic mass is 10.1. The van der Waals surface area contributed by atoms with E-state index in [-0.39, 0.29) is 4.99 Å². The number of benzene rings is 1. The second-order valence-corrected chi connectivity index (χ2v) is 4.73. The smallest absolute Gasteiger partial charge is 0.124 e. The van der Waals surface area contributed by atoms with Crippen LogP contribution in [-0.4, -0.2) is 15.0 Å². The maximum absolute atomic E-state index is 5.70. The average molecular weight is 280 g/mol. The fraction of sp³-hybridized carbons (Fsp3) is 0. The first kappa shape index (κ1) is 12.5. The standard InChI is InChI=1S/C15H12N4S/c16-15(20)14-13(5-2-7-18-14)19-12-4-1-3-10-9-17-8-6-11(10)12/h1-9,19H,(H2,16,20). The summed E-state index contributed by atoms with van der Waals surface area (Å²) in [7, 11) is 0. The molecular formula is C15H12N4S. The van der Waals surface area contributed by atoms with Crippen molar-refractivity contribution in [3.05, 3.63) is 60.7 Å². The number of aromatic nitrogens is 2. The first-order valence-corrected chi connectivity index (χ1v) is 6.51. The molecule has 2 aromatic heterocycles. The van der Waals surface area contributed by atoms with Gasteiger partial charge in [0, 0.05) is 35.1 Å². The number of nitrogens with two attached hydrogens (primary N) is 1. The van der Waals surface area contributed by atoms with E-state index in [1.807, 2.05) is 42.6 Å². The number of fused-ring (bicyclic) bond motifs is 1. The van der Waals surface area contributed by atoms with Crippen molar-refractivity contribution in [3.8, 4) is 0 Å². The van der Waals surface area contributed by atoms with E-state index in [0.717, 1.165) is 22.1 Å². The molecule has 0 aliphatic heterocycles. The Balaban J connectivity index is 2.08. The molecule has 0 atom stereocenters. The Kier molecular flexibility index (Phi) is 3.26. The van der Waals surface area contributed by atoms with Crippen LogP contribution in [0.25, 0.3) is 10.8 Å². The van der Waals surface area contributed by atoms with E-state index in [2.05, 4.69) is 15.3 Å². The van der Waals surface area contributed by atoms with Gasteiger partial charge in [0.25, 0.3) is 0 Å². The highest BCUT2D eigenvalue weighted by atomic mass is 32.1. The first-order chi connectivity index (χ1) is 9.75. The topological polar surface area (TPSA) is 63.8 Å². The Morgan fingerprint density at radius 1 is 1.05 bits per heavy atom. The third-order valence-corrected chi connectivity index (χ3v) is 3.18. The molecule has 0 saturated heterocycles. The monoisotopic (exact) mass is 280 g/mol.